The molecule has 0 spiro atoms. The molecule has 0 N–H and O–H groups in total. The van der Waals surface area contributed by atoms with Gasteiger partial charge in [0, 0.05) is 56.8 Å². The first kappa shape index (κ1) is 17.5. The van der Waals surface area contributed by atoms with Crippen LogP contribution in [-0.4, -0.2) is 50.9 Å². The summed E-state index contributed by atoms with van der Waals surface area (Å²) in [5.41, 5.74) is 3.42. The highest BCUT2D eigenvalue weighted by Gasteiger charge is 2.23. The first-order valence-corrected chi connectivity index (χ1v) is 9.66. The van der Waals surface area contributed by atoms with Gasteiger partial charge in [-0.15, -0.1) is 0 Å². The normalized spacial score (nSPS) is 14.7. The van der Waals surface area contributed by atoms with Crippen LogP contribution in [0.3, 0.4) is 0 Å². The molecule has 0 radical (unpaired) electrons. The summed E-state index contributed by atoms with van der Waals surface area (Å²) in [5, 5.41) is 0.619. The minimum Gasteiger partial charge on any atom is -0.368 e. The van der Waals surface area contributed by atoms with E-state index in [9.17, 15) is 9.59 Å². The number of amides is 1. The van der Waals surface area contributed by atoms with Gasteiger partial charge >= 0.3 is 0 Å². The third kappa shape index (κ3) is 3.04. The van der Waals surface area contributed by atoms with Gasteiger partial charge in [-0.25, -0.2) is 4.98 Å². The van der Waals surface area contributed by atoms with Crippen molar-refractivity contribution in [3.63, 3.8) is 0 Å². The zero-order valence-electron chi connectivity index (χ0n) is 16.2. The van der Waals surface area contributed by atoms with E-state index in [0.717, 1.165) is 29.9 Å². The fraction of sp³-hybridized carbons (Fsp3) is 0.227. The highest BCUT2D eigenvalue weighted by molar-refractivity contribution is 5.95. The number of hydrogen-bond acceptors (Lipinski definition) is 4. The molecule has 3 aromatic heterocycles. The molecule has 1 aliphatic rings. The smallest absolute Gasteiger partial charge is 0.260 e. The molecule has 0 saturated carbocycles. The number of anilines is 1. The molecule has 1 amide bonds. The van der Waals surface area contributed by atoms with Crippen LogP contribution in [0.1, 0.15) is 10.4 Å². The number of carbonyl (C=O) groups is 1. The largest absolute Gasteiger partial charge is 0.368 e. The molecule has 7 heteroatoms. The van der Waals surface area contributed by atoms with Gasteiger partial charge < -0.3 is 18.8 Å². The van der Waals surface area contributed by atoms with Crippen LogP contribution < -0.4 is 10.5 Å². The van der Waals surface area contributed by atoms with Gasteiger partial charge in [-0.2, -0.15) is 0 Å². The minimum atomic E-state index is -0.0445. The molecule has 4 heterocycles. The van der Waals surface area contributed by atoms with E-state index in [0.29, 0.717) is 24.0 Å². The molecule has 1 fully saturated rings. The maximum atomic E-state index is 12.9. The Balaban J connectivity index is 1.32. The van der Waals surface area contributed by atoms with Crippen molar-refractivity contribution in [1.82, 2.24) is 18.9 Å². The summed E-state index contributed by atoms with van der Waals surface area (Å²) in [6, 6.07) is 13.6. The second-order valence-corrected chi connectivity index (χ2v) is 7.40. The van der Waals surface area contributed by atoms with E-state index in [-0.39, 0.29) is 11.5 Å². The lowest BCUT2D eigenvalue weighted by atomic mass is 10.2. The van der Waals surface area contributed by atoms with Crippen LogP contribution in [-0.2, 0) is 7.05 Å². The molecule has 0 atom stereocenters. The Morgan fingerprint density at radius 2 is 1.86 bits per heavy atom. The van der Waals surface area contributed by atoms with Gasteiger partial charge in [0.05, 0.1) is 22.8 Å². The summed E-state index contributed by atoms with van der Waals surface area (Å²) in [7, 11) is 1.70. The minimum absolute atomic E-state index is 0.0445. The van der Waals surface area contributed by atoms with Gasteiger partial charge in [0.1, 0.15) is 0 Å². The molecule has 29 heavy (non-hydrogen) atoms. The first-order chi connectivity index (χ1) is 14.1. The van der Waals surface area contributed by atoms with Gasteiger partial charge in [-0.1, -0.05) is 6.07 Å². The van der Waals surface area contributed by atoms with Crippen molar-refractivity contribution in [3.05, 3.63) is 77.1 Å². The summed E-state index contributed by atoms with van der Waals surface area (Å²) >= 11 is 0. The number of rotatable bonds is 2. The standard InChI is InChI=1S/C22H21N5O2/c1-24-15-23-20-13-18(5-6-19(20)22(24)29)25-8-10-26(11-9-25)21(28)16-12-17-4-2-3-7-27(17)14-16/h2-7,12-15H,8-11H2,1H3. The summed E-state index contributed by atoms with van der Waals surface area (Å²) in [4.78, 5) is 33.6. The average Bonchev–Trinajstić information content (AvgIpc) is 3.20. The summed E-state index contributed by atoms with van der Waals surface area (Å²) in [6.45, 7) is 2.81. The van der Waals surface area contributed by atoms with Gasteiger partial charge in [-0.3, -0.25) is 9.59 Å². The number of fused-ring (bicyclic) bond motifs is 2. The van der Waals surface area contributed by atoms with Crippen molar-refractivity contribution in [2.45, 2.75) is 0 Å². The molecule has 1 aromatic carbocycles. The molecule has 0 bridgehead atoms. The van der Waals surface area contributed by atoms with E-state index in [1.807, 2.05) is 64.2 Å². The van der Waals surface area contributed by atoms with Crippen molar-refractivity contribution >= 4 is 28.0 Å². The Labute approximate surface area is 167 Å². The highest BCUT2D eigenvalue weighted by Crippen LogP contribution is 2.21. The lowest BCUT2D eigenvalue weighted by Crippen LogP contribution is -2.48. The number of benzene rings is 1. The highest BCUT2D eigenvalue weighted by atomic mass is 16.2. The number of piperazine rings is 1. The Kier molecular flexibility index (Phi) is 4.08. The second-order valence-electron chi connectivity index (χ2n) is 7.40. The van der Waals surface area contributed by atoms with Crippen molar-refractivity contribution in [2.24, 2.45) is 7.05 Å². The van der Waals surface area contributed by atoms with Crippen molar-refractivity contribution in [3.8, 4) is 0 Å². The maximum absolute atomic E-state index is 12.9. The Morgan fingerprint density at radius 3 is 2.66 bits per heavy atom. The fourth-order valence-corrected chi connectivity index (χ4v) is 3.92. The fourth-order valence-electron chi connectivity index (χ4n) is 3.92. The maximum Gasteiger partial charge on any atom is 0.260 e. The Bertz CT molecular complexity index is 1250. The Morgan fingerprint density at radius 1 is 1.03 bits per heavy atom. The molecule has 1 saturated heterocycles. The summed E-state index contributed by atoms with van der Waals surface area (Å²) in [5.74, 6) is 0.0667. The predicted molar refractivity (Wildman–Crippen MR) is 112 cm³/mol. The van der Waals surface area contributed by atoms with E-state index in [1.165, 1.54) is 4.57 Å². The molecular formula is C22H21N5O2. The summed E-state index contributed by atoms with van der Waals surface area (Å²) < 4.78 is 3.45. The Hall–Kier alpha value is -3.61. The molecule has 4 aromatic rings. The number of carbonyl (C=O) groups excluding carboxylic acids is 1. The van der Waals surface area contributed by atoms with Crippen LogP contribution in [0.5, 0.6) is 0 Å². The topological polar surface area (TPSA) is 62.9 Å². The molecule has 1 aliphatic heterocycles. The van der Waals surface area contributed by atoms with Crippen LogP contribution in [0, 0.1) is 0 Å². The van der Waals surface area contributed by atoms with Gasteiger partial charge in [0.25, 0.3) is 11.5 Å². The van der Waals surface area contributed by atoms with Crippen LogP contribution >= 0.6 is 0 Å². The number of pyridine rings is 1. The second kappa shape index (κ2) is 6.77. The number of aryl methyl sites for hydroxylation is 1. The van der Waals surface area contributed by atoms with Crippen LogP contribution in [0.2, 0.25) is 0 Å². The molecule has 0 aliphatic carbocycles. The lowest BCUT2D eigenvalue weighted by Gasteiger charge is -2.36. The quantitative estimate of drug-likeness (QED) is 0.529. The molecule has 146 valence electrons. The SMILES string of the molecule is Cn1cnc2cc(N3CCN(C(=O)c4cc5ccccn5c4)CC3)ccc2c1=O. The zero-order valence-corrected chi connectivity index (χ0v) is 16.2. The van der Waals surface area contributed by atoms with Gasteiger partial charge in [0.2, 0.25) is 0 Å². The molecule has 7 nitrogen and oxygen atoms in total. The van der Waals surface area contributed by atoms with E-state index in [2.05, 4.69) is 9.88 Å². The predicted octanol–water partition coefficient (Wildman–Crippen LogP) is 2.15. The number of nitrogens with zero attached hydrogens (tertiary/aromatic N) is 5. The first-order valence-electron chi connectivity index (χ1n) is 9.66. The van der Waals surface area contributed by atoms with E-state index < -0.39 is 0 Å². The van der Waals surface area contributed by atoms with Crippen molar-refractivity contribution < 1.29 is 4.79 Å². The van der Waals surface area contributed by atoms with Crippen molar-refractivity contribution in [1.29, 1.82) is 0 Å². The summed E-state index contributed by atoms with van der Waals surface area (Å²) in [6.07, 6.45) is 5.39. The van der Waals surface area contributed by atoms with E-state index in [1.54, 1.807) is 13.4 Å². The van der Waals surface area contributed by atoms with Crippen LogP contribution in [0.15, 0.2) is 66.0 Å². The van der Waals surface area contributed by atoms with Gasteiger partial charge in [0.15, 0.2) is 0 Å². The lowest BCUT2D eigenvalue weighted by molar-refractivity contribution is 0.0747. The number of hydrogen-bond donors (Lipinski definition) is 0. The molecule has 0 unspecified atom stereocenters. The average molecular weight is 387 g/mol. The third-order valence-electron chi connectivity index (χ3n) is 5.59. The zero-order chi connectivity index (χ0) is 20.0. The molecular weight excluding hydrogens is 366 g/mol. The van der Waals surface area contributed by atoms with E-state index in [4.69, 9.17) is 0 Å². The monoisotopic (exact) mass is 387 g/mol. The third-order valence-corrected chi connectivity index (χ3v) is 5.59. The van der Waals surface area contributed by atoms with Crippen molar-refractivity contribution in [2.75, 3.05) is 31.1 Å². The van der Waals surface area contributed by atoms with E-state index >= 15 is 0 Å². The van der Waals surface area contributed by atoms with Crippen LogP contribution in [0.4, 0.5) is 5.69 Å². The van der Waals surface area contributed by atoms with Crippen LogP contribution in [0.25, 0.3) is 16.4 Å². The van der Waals surface area contributed by atoms with Gasteiger partial charge in [-0.05, 0) is 36.4 Å². The molecule has 5 rings (SSSR count). The number of aromatic nitrogens is 3.